The Morgan fingerprint density at radius 2 is 1.73 bits per heavy atom. The van der Waals surface area contributed by atoms with Crippen molar-refractivity contribution in [2.24, 2.45) is 0 Å². The first-order valence-corrected chi connectivity index (χ1v) is 9.97. The van der Waals surface area contributed by atoms with Crippen LogP contribution in [0.5, 0.6) is 11.5 Å². The third kappa shape index (κ3) is 4.55. The van der Waals surface area contributed by atoms with E-state index in [9.17, 15) is 18.0 Å². The first-order chi connectivity index (χ1) is 14.3. The second kappa shape index (κ2) is 8.98. The van der Waals surface area contributed by atoms with Crippen LogP contribution in [-0.4, -0.2) is 26.7 Å². The number of halogens is 3. The number of carbonyl (C=O) groups is 1. The van der Waals surface area contributed by atoms with Gasteiger partial charge in [-0.05, 0) is 48.6 Å². The molecule has 2 aromatic rings. The van der Waals surface area contributed by atoms with Crippen LogP contribution in [0.3, 0.4) is 0 Å². The number of hydrogen-bond acceptors (Lipinski definition) is 3. The number of rotatable bonds is 7. The Bertz CT molecular complexity index is 890. The number of carbonyl (C=O) groups excluding carboxylic acids is 1. The van der Waals surface area contributed by atoms with Crippen molar-refractivity contribution < 1.29 is 27.4 Å². The Balaban J connectivity index is 1.72. The molecule has 0 aromatic heterocycles. The molecule has 0 unspecified atom stereocenters. The molecule has 0 bridgehead atoms. The van der Waals surface area contributed by atoms with Crippen LogP contribution in [-0.2, 0) is 22.8 Å². The van der Waals surface area contributed by atoms with Gasteiger partial charge in [0.1, 0.15) is 0 Å². The summed E-state index contributed by atoms with van der Waals surface area (Å²) < 4.78 is 50.0. The van der Waals surface area contributed by atoms with Crippen molar-refractivity contribution in [1.82, 2.24) is 5.32 Å². The van der Waals surface area contributed by atoms with E-state index in [2.05, 4.69) is 5.32 Å². The largest absolute Gasteiger partial charge is 0.493 e. The van der Waals surface area contributed by atoms with Crippen molar-refractivity contribution in [2.45, 2.75) is 43.7 Å². The highest BCUT2D eigenvalue weighted by Crippen LogP contribution is 2.43. The van der Waals surface area contributed by atoms with Crippen molar-refractivity contribution in [2.75, 3.05) is 20.8 Å². The number of hydrogen-bond donors (Lipinski definition) is 1. The van der Waals surface area contributed by atoms with Crippen LogP contribution in [0.1, 0.15) is 42.4 Å². The van der Waals surface area contributed by atoms with E-state index in [4.69, 9.17) is 9.47 Å². The lowest BCUT2D eigenvalue weighted by atomic mass is 9.77. The zero-order valence-corrected chi connectivity index (χ0v) is 17.1. The van der Waals surface area contributed by atoms with Crippen LogP contribution in [0, 0.1) is 0 Å². The average Bonchev–Trinajstić information content (AvgIpc) is 3.24. The smallest absolute Gasteiger partial charge is 0.416 e. The molecule has 0 heterocycles. The first-order valence-electron chi connectivity index (χ1n) is 9.97. The van der Waals surface area contributed by atoms with Crippen LogP contribution in [0.2, 0.25) is 0 Å². The molecule has 0 atom stereocenters. The van der Waals surface area contributed by atoms with Crippen molar-refractivity contribution in [3.8, 4) is 11.5 Å². The van der Waals surface area contributed by atoms with Crippen molar-refractivity contribution in [3.63, 3.8) is 0 Å². The zero-order chi connectivity index (χ0) is 21.8. The monoisotopic (exact) mass is 421 g/mol. The minimum absolute atomic E-state index is 0.209. The van der Waals surface area contributed by atoms with Crippen LogP contribution in [0.25, 0.3) is 0 Å². The van der Waals surface area contributed by atoms with E-state index in [-0.39, 0.29) is 5.91 Å². The lowest BCUT2D eigenvalue weighted by molar-refractivity contribution is -0.138. The number of methoxy groups -OCH3 is 2. The fourth-order valence-corrected chi connectivity index (χ4v) is 4.14. The Morgan fingerprint density at radius 1 is 1.03 bits per heavy atom. The van der Waals surface area contributed by atoms with Gasteiger partial charge in [0.15, 0.2) is 11.5 Å². The molecule has 7 heteroatoms. The second-order valence-electron chi connectivity index (χ2n) is 7.56. The summed E-state index contributed by atoms with van der Waals surface area (Å²) in [6.45, 7) is 0.384. The van der Waals surface area contributed by atoms with Gasteiger partial charge in [-0.2, -0.15) is 13.2 Å². The van der Waals surface area contributed by atoms with Crippen LogP contribution in [0.15, 0.2) is 42.5 Å². The van der Waals surface area contributed by atoms with Crippen LogP contribution >= 0.6 is 0 Å². The lowest BCUT2D eigenvalue weighted by Crippen LogP contribution is -2.43. The standard InChI is InChI=1S/C23H26F3NO3/c1-29-19-9-8-16(14-20(19)30-2)10-13-27-21(28)22(11-3-4-12-22)17-6-5-7-18(15-17)23(24,25)26/h5-9,14-15H,3-4,10-13H2,1-2H3,(H,27,28). The van der Waals surface area contributed by atoms with Gasteiger partial charge in [0, 0.05) is 6.54 Å². The number of benzene rings is 2. The summed E-state index contributed by atoms with van der Waals surface area (Å²) in [4.78, 5) is 13.1. The number of ether oxygens (including phenoxy) is 2. The molecular formula is C23H26F3NO3. The van der Waals surface area contributed by atoms with E-state index < -0.39 is 17.2 Å². The molecule has 0 radical (unpaired) electrons. The predicted molar refractivity (Wildman–Crippen MR) is 108 cm³/mol. The quantitative estimate of drug-likeness (QED) is 0.692. The molecule has 30 heavy (non-hydrogen) atoms. The van der Waals surface area contributed by atoms with E-state index in [0.29, 0.717) is 42.9 Å². The molecule has 3 rings (SSSR count). The van der Waals surface area contributed by atoms with Gasteiger partial charge in [-0.3, -0.25) is 4.79 Å². The van der Waals surface area contributed by atoms with E-state index in [0.717, 1.165) is 30.5 Å². The molecule has 4 nitrogen and oxygen atoms in total. The molecule has 1 amide bonds. The Kier molecular flexibility index (Phi) is 6.58. The molecule has 1 aliphatic carbocycles. The van der Waals surface area contributed by atoms with Gasteiger partial charge < -0.3 is 14.8 Å². The molecule has 2 aromatic carbocycles. The van der Waals surface area contributed by atoms with E-state index in [1.54, 1.807) is 26.4 Å². The maximum atomic E-state index is 13.2. The average molecular weight is 421 g/mol. The minimum atomic E-state index is -4.43. The lowest BCUT2D eigenvalue weighted by Gasteiger charge is -2.29. The van der Waals surface area contributed by atoms with Gasteiger partial charge in [0.2, 0.25) is 5.91 Å². The topological polar surface area (TPSA) is 47.6 Å². The van der Waals surface area contributed by atoms with Crippen molar-refractivity contribution in [3.05, 3.63) is 59.2 Å². The van der Waals surface area contributed by atoms with E-state index in [1.807, 2.05) is 12.1 Å². The SMILES string of the molecule is COc1ccc(CCNC(=O)C2(c3cccc(C(F)(F)F)c3)CCCC2)cc1OC. The molecule has 0 spiro atoms. The summed E-state index contributed by atoms with van der Waals surface area (Å²) >= 11 is 0. The van der Waals surface area contributed by atoms with E-state index >= 15 is 0 Å². The fraction of sp³-hybridized carbons (Fsp3) is 0.435. The van der Waals surface area contributed by atoms with Gasteiger partial charge >= 0.3 is 6.18 Å². The molecule has 1 fully saturated rings. The molecule has 1 N–H and O–H groups in total. The molecule has 162 valence electrons. The first kappa shape index (κ1) is 22.0. The molecule has 1 aliphatic rings. The second-order valence-corrected chi connectivity index (χ2v) is 7.56. The van der Waals surface area contributed by atoms with Gasteiger partial charge in [-0.1, -0.05) is 37.1 Å². The summed E-state index contributed by atoms with van der Waals surface area (Å²) in [6.07, 6.45) is -1.11. The summed E-state index contributed by atoms with van der Waals surface area (Å²) in [5, 5.41) is 2.94. The Labute approximate surface area is 174 Å². The summed E-state index contributed by atoms with van der Waals surface area (Å²) in [5.74, 6) is 1.03. The maximum Gasteiger partial charge on any atom is 0.416 e. The molecule has 1 saturated carbocycles. The molecule has 0 saturated heterocycles. The fourth-order valence-electron chi connectivity index (χ4n) is 4.14. The molecule has 0 aliphatic heterocycles. The zero-order valence-electron chi connectivity index (χ0n) is 17.1. The summed E-state index contributed by atoms with van der Waals surface area (Å²) in [6, 6.07) is 10.7. The predicted octanol–water partition coefficient (Wildman–Crippen LogP) is 4.89. The van der Waals surface area contributed by atoms with Gasteiger partial charge in [0.05, 0.1) is 25.2 Å². The van der Waals surface area contributed by atoms with Gasteiger partial charge in [-0.15, -0.1) is 0 Å². The van der Waals surface area contributed by atoms with Gasteiger partial charge in [0.25, 0.3) is 0 Å². The minimum Gasteiger partial charge on any atom is -0.493 e. The molecular weight excluding hydrogens is 395 g/mol. The van der Waals surface area contributed by atoms with Gasteiger partial charge in [-0.25, -0.2) is 0 Å². The highest BCUT2D eigenvalue weighted by atomic mass is 19.4. The third-order valence-corrected chi connectivity index (χ3v) is 5.78. The van der Waals surface area contributed by atoms with Crippen molar-refractivity contribution >= 4 is 5.91 Å². The Morgan fingerprint density at radius 3 is 2.37 bits per heavy atom. The third-order valence-electron chi connectivity index (χ3n) is 5.78. The number of amides is 1. The van der Waals surface area contributed by atoms with Crippen LogP contribution < -0.4 is 14.8 Å². The normalized spacial score (nSPS) is 15.6. The number of nitrogens with one attached hydrogen (secondary N) is 1. The highest BCUT2D eigenvalue weighted by molar-refractivity contribution is 5.88. The van der Waals surface area contributed by atoms with Crippen LogP contribution in [0.4, 0.5) is 13.2 Å². The summed E-state index contributed by atoms with van der Waals surface area (Å²) in [7, 11) is 3.12. The maximum absolute atomic E-state index is 13.2. The summed E-state index contributed by atoms with van der Waals surface area (Å²) in [5.41, 5.74) is -0.214. The van der Waals surface area contributed by atoms with E-state index in [1.165, 1.54) is 6.07 Å². The van der Waals surface area contributed by atoms with Crippen molar-refractivity contribution in [1.29, 1.82) is 0 Å². The number of alkyl halides is 3. The highest BCUT2D eigenvalue weighted by Gasteiger charge is 2.43. The Hall–Kier alpha value is -2.70.